The quantitative estimate of drug-likeness (QED) is 0.445. The molecule has 0 spiro atoms. The lowest BCUT2D eigenvalue weighted by molar-refractivity contribution is -0.384. The average molecular weight is 420 g/mol. The fourth-order valence-electron chi connectivity index (χ4n) is 3.15. The Kier molecular flexibility index (Phi) is 8.31. The van der Waals surface area contributed by atoms with E-state index in [1.165, 1.54) is 34.1 Å². The number of benzene rings is 2. The monoisotopic (exact) mass is 419 g/mol. The highest BCUT2D eigenvalue weighted by atomic mass is 32.2. The van der Waals surface area contributed by atoms with Crippen LogP contribution >= 0.6 is 0 Å². The van der Waals surface area contributed by atoms with E-state index in [9.17, 15) is 18.5 Å². The van der Waals surface area contributed by atoms with Crippen molar-refractivity contribution in [1.82, 2.24) is 9.62 Å². The Balaban J connectivity index is 2.15. The molecular weight excluding hydrogens is 390 g/mol. The highest BCUT2D eigenvalue weighted by molar-refractivity contribution is 7.89. The van der Waals surface area contributed by atoms with Gasteiger partial charge in [0, 0.05) is 31.3 Å². The largest absolute Gasteiger partial charge is 0.317 e. The fraction of sp³-hybridized carbons (Fsp3) is 0.429. The van der Waals surface area contributed by atoms with Gasteiger partial charge in [-0.2, -0.15) is 4.31 Å². The van der Waals surface area contributed by atoms with Crippen molar-refractivity contribution >= 4 is 15.7 Å². The van der Waals surface area contributed by atoms with Gasteiger partial charge in [-0.1, -0.05) is 44.2 Å². The smallest absolute Gasteiger partial charge is 0.269 e. The minimum atomic E-state index is -3.73. The van der Waals surface area contributed by atoms with Crippen LogP contribution in [-0.2, 0) is 16.4 Å². The van der Waals surface area contributed by atoms with Crippen molar-refractivity contribution in [3.8, 4) is 0 Å². The third-order valence-electron chi connectivity index (χ3n) is 4.71. The van der Waals surface area contributed by atoms with Crippen molar-refractivity contribution in [3.05, 3.63) is 70.3 Å². The standard InChI is InChI=1S/C21H29N3O4S/c1-17(2)16-23(14-13-19(22-3)15-18-7-5-4-6-8-18)29(27,28)21-11-9-20(10-12-21)24(25)26/h4-12,17,19,22H,13-16H2,1-3H3/t19-/m1/s1. The highest BCUT2D eigenvalue weighted by Gasteiger charge is 2.26. The molecular formula is C21H29N3O4S. The minimum Gasteiger partial charge on any atom is -0.317 e. The summed E-state index contributed by atoms with van der Waals surface area (Å²) in [5.74, 6) is 0.157. The van der Waals surface area contributed by atoms with Gasteiger partial charge in [-0.3, -0.25) is 10.1 Å². The van der Waals surface area contributed by atoms with Crippen molar-refractivity contribution in [3.63, 3.8) is 0 Å². The number of nitro benzene ring substituents is 1. The van der Waals surface area contributed by atoms with E-state index in [1.807, 2.05) is 39.1 Å². The SMILES string of the molecule is CN[C@H](CCN(CC(C)C)S(=O)(=O)c1ccc([N+](=O)[O-])cc1)Cc1ccccc1. The van der Waals surface area contributed by atoms with Crippen LogP contribution in [-0.4, -0.2) is 43.8 Å². The van der Waals surface area contributed by atoms with Gasteiger partial charge in [0.15, 0.2) is 0 Å². The molecule has 29 heavy (non-hydrogen) atoms. The Morgan fingerprint density at radius 2 is 1.69 bits per heavy atom. The zero-order chi connectivity index (χ0) is 21.4. The van der Waals surface area contributed by atoms with E-state index in [0.717, 1.165) is 6.42 Å². The Bertz CT molecular complexity index is 884. The van der Waals surface area contributed by atoms with Crippen LogP contribution in [0.25, 0.3) is 0 Å². The van der Waals surface area contributed by atoms with Gasteiger partial charge in [0.1, 0.15) is 0 Å². The number of nitro groups is 1. The molecule has 0 amide bonds. The van der Waals surface area contributed by atoms with Crippen LogP contribution < -0.4 is 5.32 Å². The van der Waals surface area contributed by atoms with Crippen LogP contribution in [0.4, 0.5) is 5.69 Å². The number of likely N-dealkylation sites (N-methyl/N-ethyl adjacent to an activating group) is 1. The van der Waals surface area contributed by atoms with Crippen molar-refractivity contribution in [2.45, 2.75) is 37.6 Å². The normalized spacial score (nSPS) is 13.0. The van der Waals surface area contributed by atoms with Crippen LogP contribution in [0.2, 0.25) is 0 Å². The summed E-state index contributed by atoms with van der Waals surface area (Å²) in [5, 5.41) is 14.1. The van der Waals surface area contributed by atoms with Gasteiger partial charge in [-0.05, 0) is 43.5 Å². The molecule has 2 aromatic carbocycles. The summed E-state index contributed by atoms with van der Waals surface area (Å²) in [5.41, 5.74) is 1.07. The first kappa shape index (κ1) is 23.0. The molecule has 2 aromatic rings. The van der Waals surface area contributed by atoms with E-state index in [1.54, 1.807) is 0 Å². The topological polar surface area (TPSA) is 92.6 Å². The van der Waals surface area contributed by atoms with E-state index >= 15 is 0 Å². The van der Waals surface area contributed by atoms with Crippen LogP contribution in [0.1, 0.15) is 25.8 Å². The number of sulfonamides is 1. The molecule has 0 saturated carbocycles. The maximum absolute atomic E-state index is 13.1. The summed E-state index contributed by atoms with van der Waals surface area (Å²) in [6.45, 7) is 4.70. The zero-order valence-electron chi connectivity index (χ0n) is 17.1. The van der Waals surface area contributed by atoms with Gasteiger partial charge in [0.2, 0.25) is 10.0 Å². The first-order valence-corrected chi connectivity index (χ1v) is 11.1. The van der Waals surface area contributed by atoms with Crippen LogP contribution in [0.3, 0.4) is 0 Å². The van der Waals surface area contributed by atoms with Crippen LogP contribution in [0.15, 0.2) is 59.5 Å². The molecule has 0 bridgehead atoms. The second-order valence-corrected chi connectivity index (χ2v) is 9.41. The van der Waals surface area contributed by atoms with Crippen molar-refractivity contribution in [1.29, 1.82) is 0 Å². The fourth-order valence-corrected chi connectivity index (χ4v) is 4.77. The molecule has 0 saturated heterocycles. The van der Waals surface area contributed by atoms with E-state index < -0.39 is 14.9 Å². The Hall–Kier alpha value is -2.29. The van der Waals surface area contributed by atoms with Gasteiger partial charge in [-0.15, -0.1) is 0 Å². The summed E-state index contributed by atoms with van der Waals surface area (Å²) in [7, 11) is -1.85. The highest BCUT2D eigenvalue weighted by Crippen LogP contribution is 2.21. The predicted octanol–water partition coefficient (Wildman–Crippen LogP) is 3.46. The summed E-state index contributed by atoms with van der Waals surface area (Å²) >= 11 is 0. The molecule has 8 heteroatoms. The number of nitrogens with one attached hydrogen (secondary N) is 1. The van der Waals surface area contributed by atoms with Gasteiger partial charge in [0.05, 0.1) is 9.82 Å². The second-order valence-electron chi connectivity index (χ2n) is 7.47. The summed E-state index contributed by atoms with van der Waals surface area (Å²) in [4.78, 5) is 10.4. The Morgan fingerprint density at radius 1 is 1.07 bits per heavy atom. The van der Waals surface area contributed by atoms with E-state index in [4.69, 9.17) is 0 Å². The minimum absolute atomic E-state index is 0.0767. The Labute approximate surface area is 172 Å². The number of hydrogen-bond acceptors (Lipinski definition) is 5. The molecule has 0 aromatic heterocycles. The predicted molar refractivity (Wildman–Crippen MR) is 114 cm³/mol. The van der Waals surface area contributed by atoms with Crippen molar-refractivity contribution in [2.24, 2.45) is 5.92 Å². The lowest BCUT2D eigenvalue weighted by Gasteiger charge is -2.26. The van der Waals surface area contributed by atoms with Crippen LogP contribution in [0, 0.1) is 16.0 Å². The molecule has 0 heterocycles. The van der Waals surface area contributed by atoms with E-state index in [2.05, 4.69) is 17.4 Å². The average Bonchev–Trinajstić information content (AvgIpc) is 2.70. The molecule has 1 N–H and O–H groups in total. The van der Waals surface area contributed by atoms with Crippen LogP contribution in [0.5, 0.6) is 0 Å². The first-order valence-electron chi connectivity index (χ1n) is 9.69. The van der Waals surface area contributed by atoms with Gasteiger partial charge >= 0.3 is 0 Å². The van der Waals surface area contributed by atoms with Gasteiger partial charge in [-0.25, -0.2) is 8.42 Å². The molecule has 0 aliphatic carbocycles. The molecule has 2 rings (SSSR count). The third kappa shape index (κ3) is 6.62. The first-order chi connectivity index (χ1) is 13.7. The third-order valence-corrected chi connectivity index (χ3v) is 6.59. The second kappa shape index (κ2) is 10.5. The summed E-state index contributed by atoms with van der Waals surface area (Å²) < 4.78 is 27.8. The van der Waals surface area contributed by atoms with Gasteiger partial charge < -0.3 is 5.32 Å². The lowest BCUT2D eigenvalue weighted by atomic mass is 10.0. The molecule has 0 fully saturated rings. The maximum Gasteiger partial charge on any atom is 0.269 e. The van der Waals surface area contributed by atoms with Crippen molar-refractivity contribution < 1.29 is 13.3 Å². The molecule has 0 radical (unpaired) electrons. The number of hydrogen-bond donors (Lipinski definition) is 1. The van der Waals surface area contributed by atoms with E-state index in [-0.39, 0.29) is 22.5 Å². The lowest BCUT2D eigenvalue weighted by Crippen LogP contribution is -2.39. The van der Waals surface area contributed by atoms with Gasteiger partial charge in [0.25, 0.3) is 5.69 Å². The van der Waals surface area contributed by atoms with E-state index in [0.29, 0.717) is 19.5 Å². The number of nitrogens with zero attached hydrogens (tertiary/aromatic N) is 2. The van der Waals surface area contributed by atoms with Crippen molar-refractivity contribution in [2.75, 3.05) is 20.1 Å². The molecule has 0 aliphatic heterocycles. The number of rotatable bonds is 11. The molecule has 0 aliphatic rings. The summed E-state index contributed by atoms with van der Waals surface area (Å²) in [6, 6.07) is 15.3. The molecule has 158 valence electrons. The number of non-ortho nitro benzene ring substituents is 1. The maximum atomic E-state index is 13.1. The summed E-state index contributed by atoms with van der Waals surface area (Å²) in [6.07, 6.45) is 1.47. The molecule has 0 unspecified atom stereocenters. The molecule has 1 atom stereocenters. The zero-order valence-corrected chi connectivity index (χ0v) is 17.9. The molecule has 7 nitrogen and oxygen atoms in total. The Morgan fingerprint density at radius 3 is 2.21 bits per heavy atom.